The number of hydrogen-bond donors (Lipinski definition) is 2. The summed E-state index contributed by atoms with van der Waals surface area (Å²) in [7, 11) is 0. The zero-order valence-corrected chi connectivity index (χ0v) is 17.2. The number of rotatable bonds is 5. The Morgan fingerprint density at radius 2 is 1.77 bits per heavy atom. The molecule has 0 radical (unpaired) electrons. The molecule has 1 fully saturated rings. The predicted octanol–water partition coefficient (Wildman–Crippen LogP) is 3.89. The van der Waals surface area contributed by atoms with Crippen molar-refractivity contribution in [2.45, 2.75) is 19.4 Å². The fourth-order valence-electron chi connectivity index (χ4n) is 3.72. The Morgan fingerprint density at radius 1 is 1.07 bits per heavy atom. The summed E-state index contributed by atoms with van der Waals surface area (Å²) >= 11 is 1.53. The van der Waals surface area contributed by atoms with Crippen LogP contribution in [0.15, 0.2) is 66.0 Å². The summed E-state index contributed by atoms with van der Waals surface area (Å²) in [6.45, 7) is 1.99. The topological polar surface area (TPSA) is 92.5 Å². The molecular weight excluding hydrogens is 398 g/mol. The Bertz CT molecular complexity index is 1080. The zero-order valence-electron chi connectivity index (χ0n) is 16.4. The molecule has 0 bridgehead atoms. The van der Waals surface area contributed by atoms with Crippen molar-refractivity contribution >= 4 is 40.4 Å². The highest BCUT2D eigenvalue weighted by Crippen LogP contribution is 2.43. The van der Waals surface area contributed by atoms with E-state index in [1.54, 1.807) is 29.2 Å². The third-order valence-electron chi connectivity index (χ3n) is 5.24. The maximum absolute atomic E-state index is 13.1. The summed E-state index contributed by atoms with van der Waals surface area (Å²) in [5.41, 5.74) is 8.07. The summed E-state index contributed by atoms with van der Waals surface area (Å²) in [6, 6.07) is 17.6. The molecule has 7 heteroatoms. The van der Waals surface area contributed by atoms with Crippen LogP contribution in [0.1, 0.15) is 33.3 Å². The lowest BCUT2D eigenvalue weighted by Crippen LogP contribution is -2.32. The average Bonchev–Trinajstić information content (AvgIpc) is 3.37. The second-order valence-electron chi connectivity index (χ2n) is 7.30. The van der Waals surface area contributed by atoms with Gasteiger partial charge in [-0.2, -0.15) is 0 Å². The molecule has 6 nitrogen and oxygen atoms in total. The second kappa shape index (κ2) is 8.12. The second-order valence-corrected chi connectivity index (χ2v) is 8.28. The van der Waals surface area contributed by atoms with Gasteiger partial charge in [-0.05, 0) is 54.8 Å². The third-order valence-corrected chi connectivity index (χ3v) is 6.19. The van der Waals surface area contributed by atoms with Crippen LogP contribution in [-0.2, 0) is 9.59 Å². The number of nitrogens with two attached hydrogens (primary N) is 1. The molecule has 3 aromatic rings. The van der Waals surface area contributed by atoms with Crippen LogP contribution in [0.4, 0.5) is 11.4 Å². The molecule has 30 heavy (non-hydrogen) atoms. The third kappa shape index (κ3) is 3.84. The molecule has 2 atom stereocenters. The molecular formula is C23H21N3O3S. The van der Waals surface area contributed by atoms with Crippen LogP contribution in [0.2, 0.25) is 0 Å². The van der Waals surface area contributed by atoms with Crippen molar-refractivity contribution in [3.05, 3.63) is 82.0 Å². The van der Waals surface area contributed by atoms with Gasteiger partial charge >= 0.3 is 0 Å². The largest absolute Gasteiger partial charge is 0.366 e. The molecule has 3 amide bonds. The summed E-state index contributed by atoms with van der Waals surface area (Å²) in [6.07, 6.45) is 0.127. The van der Waals surface area contributed by atoms with Gasteiger partial charge in [0.1, 0.15) is 0 Å². The minimum atomic E-state index is -0.534. The molecule has 0 aliphatic carbocycles. The SMILES string of the molecule is Cc1ccc(N2C(=O)C[C@@H](C(=O)Nc3ccc(C(N)=O)cc3)[C@@H]2c2cccs2)cc1. The highest BCUT2D eigenvalue weighted by Gasteiger charge is 2.45. The summed E-state index contributed by atoms with van der Waals surface area (Å²) < 4.78 is 0. The molecule has 1 aromatic heterocycles. The molecule has 1 saturated heterocycles. The van der Waals surface area contributed by atoms with Gasteiger partial charge in [-0.25, -0.2) is 0 Å². The van der Waals surface area contributed by atoms with E-state index in [0.29, 0.717) is 11.3 Å². The number of anilines is 2. The van der Waals surface area contributed by atoms with Crippen LogP contribution in [0.3, 0.4) is 0 Å². The number of carbonyl (C=O) groups excluding carboxylic acids is 3. The van der Waals surface area contributed by atoms with E-state index in [-0.39, 0.29) is 24.3 Å². The number of aryl methyl sites for hydroxylation is 1. The Morgan fingerprint density at radius 3 is 2.37 bits per heavy atom. The highest BCUT2D eigenvalue weighted by atomic mass is 32.1. The van der Waals surface area contributed by atoms with E-state index in [1.807, 2.05) is 48.7 Å². The molecule has 0 unspecified atom stereocenters. The van der Waals surface area contributed by atoms with Gasteiger partial charge in [-0.15, -0.1) is 11.3 Å². The number of benzene rings is 2. The van der Waals surface area contributed by atoms with Crippen molar-refractivity contribution in [1.29, 1.82) is 0 Å². The number of nitrogens with zero attached hydrogens (tertiary/aromatic N) is 1. The molecule has 152 valence electrons. The number of amides is 3. The van der Waals surface area contributed by atoms with Crippen molar-refractivity contribution in [2.24, 2.45) is 11.7 Å². The van der Waals surface area contributed by atoms with E-state index >= 15 is 0 Å². The van der Waals surface area contributed by atoms with Crippen molar-refractivity contribution in [2.75, 3.05) is 10.2 Å². The Balaban J connectivity index is 1.62. The fourth-order valence-corrected chi connectivity index (χ4v) is 4.60. The molecule has 1 aliphatic rings. The monoisotopic (exact) mass is 419 g/mol. The number of nitrogens with one attached hydrogen (secondary N) is 1. The van der Waals surface area contributed by atoms with Gasteiger partial charge in [0, 0.05) is 28.2 Å². The quantitative estimate of drug-likeness (QED) is 0.657. The van der Waals surface area contributed by atoms with Gasteiger partial charge in [0.2, 0.25) is 17.7 Å². The predicted molar refractivity (Wildman–Crippen MR) is 117 cm³/mol. The molecule has 3 N–H and O–H groups in total. The molecule has 0 spiro atoms. The number of carbonyl (C=O) groups is 3. The summed E-state index contributed by atoms with van der Waals surface area (Å²) in [4.78, 5) is 40.0. The van der Waals surface area contributed by atoms with Crippen LogP contribution in [0.25, 0.3) is 0 Å². The van der Waals surface area contributed by atoms with Crippen LogP contribution >= 0.6 is 11.3 Å². The molecule has 0 saturated carbocycles. The molecule has 2 heterocycles. The smallest absolute Gasteiger partial charge is 0.248 e. The van der Waals surface area contributed by atoms with Gasteiger partial charge in [-0.1, -0.05) is 23.8 Å². The molecule has 2 aromatic carbocycles. The number of primary amides is 1. The van der Waals surface area contributed by atoms with Crippen molar-refractivity contribution in [1.82, 2.24) is 0 Å². The van der Waals surface area contributed by atoms with Gasteiger partial charge in [0.25, 0.3) is 0 Å². The Kier molecular flexibility index (Phi) is 5.37. The Labute approximate surface area is 178 Å². The van der Waals surface area contributed by atoms with Crippen molar-refractivity contribution in [3.8, 4) is 0 Å². The van der Waals surface area contributed by atoms with E-state index in [1.165, 1.54) is 11.3 Å². The normalized spacial score (nSPS) is 18.4. The lowest BCUT2D eigenvalue weighted by atomic mass is 9.97. The van der Waals surface area contributed by atoms with E-state index in [4.69, 9.17) is 5.73 Å². The first-order chi connectivity index (χ1) is 14.4. The van der Waals surface area contributed by atoms with Crippen LogP contribution in [0, 0.1) is 12.8 Å². The fraction of sp³-hybridized carbons (Fsp3) is 0.174. The van der Waals surface area contributed by atoms with Crippen molar-refractivity contribution in [3.63, 3.8) is 0 Å². The van der Waals surface area contributed by atoms with E-state index in [0.717, 1.165) is 16.1 Å². The van der Waals surface area contributed by atoms with Gasteiger partial charge in [0.15, 0.2) is 0 Å². The van der Waals surface area contributed by atoms with E-state index in [2.05, 4.69) is 5.32 Å². The first-order valence-electron chi connectivity index (χ1n) is 9.57. The average molecular weight is 420 g/mol. The zero-order chi connectivity index (χ0) is 21.3. The highest BCUT2D eigenvalue weighted by molar-refractivity contribution is 7.10. The lowest BCUT2D eigenvalue weighted by molar-refractivity contribution is -0.122. The van der Waals surface area contributed by atoms with E-state index in [9.17, 15) is 14.4 Å². The number of thiophene rings is 1. The number of hydrogen-bond acceptors (Lipinski definition) is 4. The maximum atomic E-state index is 13.1. The van der Waals surface area contributed by atoms with Gasteiger partial charge in [0.05, 0.1) is 12.0 Å². The van der Waals surface area contributed by atoms with Gasteiger partial charge < -0.3 is 16.0 Å². The first-order valence-corrected chi connectivity index (χ1v) is 10.4. The van der Waals surface area contributed by atoms with Gasteiger partial charge in [-0.3, -0.25) is 14.4 Å². The molecule has 4 rings (SSSR count). The van der Waals surface area contributed by atoms with Crippen LogP contribution in [0.5, 0.6) is 0 Å². The van der Waals surface area contributed by atoms with Crippen LogP contribution in [-0.4, -0.2) is 17.7 Å². The minimum absolute atomic E-state index is 0.0820. The maximum Gasteiger partial charge on any atom is 0.248 e. The standard InChI is InChI=1S/C23H21N3O3S/c1-14-4-10-17(11-5-14)26-20(27)13-18(21(26)19-3-2-12-30-19)23(29)25-16-8-6-15(7-9-16)22(24)28/h2-12,18,21H,13H2,1H3,(H2,24,28)(H,25,29)/t18-,21-/m1/s1. The summed E-state index contributed by atoms with van der Waals surface area (Å²) in [5.74, 6) is -1.38. The Hall–Kier alpha value is -3.45. The van der Waals surface area contributed by atoms with Crippen LogP contribution < -0.4 is 16.0 Å². The van der Waals surface area contributed by atoms with E-state index < -0.39 is 11.8 Å². The molecule has 1 aliphatic heterocycles. The lowest BCUT2D eigenvalue weighted by Gasteiger charge is -2.27. The minimum Gasteiger partial charge on any atom is -0.366 e. The first kappa shape index (κ1) is 19.8. The summed E-state index contributed by atoms with van der Waals surface area (Å²) in [5, 5.41) is 4.83. The van der Waals surface area contributed by atoms with Crippen molar-refractivity contribution < 1.29 is 14.4 Å².